The lowest BCUT2D eigenvalue weighted by molar-refractivity contribution is 0.00396. The number of aliphatic hydroxyl groups is 1. The lowest BCUT2D eigenvalue weighted by Gasteiger charge is -2.33. The smallest absolute Gasteiger partial charge is 0.168 e. The largest absolute Gasteiger partial charge is 0.496 e. The topological polar surface area (TPSA) is 47.9 Å². The van der Waals surface area contributed by atoms with Gasteiger partial charge in [0.15, 0.2) is 11.5 Å². The maximum Gasteiger partial charge on any atom is 0.168 e. The van der Waals surface area contributed by atoms with Crippen LogP contribution in [0.15, 0.2) is 6.07 Å². The fourth-order valence-electron chi connectivity index (χ4n) is 3.70. The molecule has 1 aromatic rings. The van der Waals surface area contributed by atoms with Crippen LogP contribution in [-0.2, 0) is 6.42 Å². The molecule has 1 saturated carbocycles. The summed E-state index contributed by atoms with van der Waals surface area (Å²) >= 11 is 0. The highest BCUT2D eigenvalue weighted by Gasteiger charge is 2.32. The fourth-order valence-corrected chi connectivity index (χ4v) is 3.70. The highest BCUT2D eigenvalue weighted by Crippen LogP contribution is 2.46. The zero-order valence-corrected chi connectivity index (χ0v) is 15.1. The zero-order chi connectivity index (χ0) is 17.0. The Kier molecular flexibility index (Phi) is 5.79. The van der Waals surface area contributed by atoms with Crippen LogP contribution in [0, 0.1) is 0 Å². The average Bonchev–Trinajstić information content (AvgIpc) is 2.53. The van der Waals surface area contributed by atoms with Crippen molar-refractivity contribution in [1.82, 2.24) is 0 Å². The first kappa shape index (κ1) is 17.9. The van der Waals surface area contributed by atoms with E-state index in [4.69, 9.17) is 14.2 Å². The van der Waals surface area contributed by atoms with E-state index in [1.54, 1.807) is 21.3 Å². The van der Waals surface area contributed by atoms with Crippen molar-refractivity contribution in [2.24, 2.45) is 0 Å². The number of hydrogen-bond donors (Lipinski definition) is 1. The molecule has 23 heavy (non-hydrogen) atoms. The third kappa shape index (κ3) is 3.74. The third-order valence-corrected chi connectivity index (χ3v) is 4.82. The standard InChI is InChI=1S/C19H30O4/c1-13(2)16-15(21-3)11-14(17(22-4)18(16)23-5)12-19(20)9-7-6-8-10-19/h11,13,20H,6-10,12H2,1-5H3. The van der Waals surface area contributed by atoms with Crippen molar-refractivity contribution >= 4 is 0 Å². The number of hydrogen-bond acceptors (Lipinski definition) is 4. The summed E-state index contributed by atoms with van der Waals surface area (Å²) in [6.07, 6.45) is 5.62. The number of methoxy groups -OCH3 is 3. The summed E-state index contributed by atoms with van der Waals surface area (Å²) in [7, 11) is 4.98. The number of ether oxygens (including phenoxy) is 3. The Hall–Kier alpha value is -1.42. The van der Waals surface area contributed by atoms with Gasteiger partial charge in [-0.3, -0.25) is 0 Å². The highest BCUT2D eigenvalue weighted by atomic mass is 16.5. The van der Waals surface area contributed by atoms with Crippen LogP contribution in [0.4, 0.5) is 0 Å². The Morgan fingerprint density at radius 2 is 1.61 bits per heavy atom. The van der Waals surface area contributed by atoms with E-state index in [0.717, 1.165) is 54.1 Å². The van der Waals surface area contributed by atoms with Gasteiger partial charge in [-0.25, -0.2) is 0 Å². The molecule has 1 fully saturated rings. The summed E-state index contributed by atoms with van der Waals surface area (Å²) in [6, 6.07) is 2.00. The van der Waals surface area contributed by atoms with Crippen LogP contribution in [0.1, 0.15) is 63.0 Å². The van der Waals surface area contributed by atoms with Crippen LogP contribution < -0.4 is 14.2 Å². The van der Waals surface area contributed by atoms with Gasteiger partial charge in [-0.1, -0.05) is 33.1 Å². The molecule has 0 aliphatic heterocycles. The van der Waals surface area contributed by atoms with E-state index >= 15 is 0 Å². The normalized spacial score (nSPS) is 17.2. The van der Waals surface area contributed by atoms with Gasteiger partial charge in [0.25, 0.3) is 0 Å². The van der Waals surface area contributed by atoms with Crippen molar-refractivity contribution in [3.05, 3.63) is 17.2 Å². The van der Waals surface area contributed by atoms with Crippen LogP contribution in [0.2, 0.25) is 0 Å². The third-order valence-electron chi connectivity index (χ3n) is 4.82. The van der Waals surface area contributed by atoms with Crippen LogP contribution in [0.25, 0.3) is 0 Å². The van der Waals surface area contributed by atoms with E-state index in [2.05, 4.69) is 13.8 Å². The predicted octanol–water partition coefficient (Wildman–Crippen LogP) is 4.07. The Labute approximate surface area is 139 Å². The maximum atomic E-state index is 10.9. The fraction of sp³-hybridized carbons (Fsp3) is 0.684. The first-order valence-corrected chi connectivity index (χ1v) is 8.50. The Morgan fingerprint density at radius 1 is 1.00 bits per heavy atom. The molecule has 0 aromatic heterocycles. The molecule has 0 spiro atoms. The van der Waals surface area contributed by atoms with Gasteiger partial charge >= 0.3 is 0 Å². The molecule has 1 aliphatic carbocycles. The van der Waals surface area contributed by atoms with Crippen molar-refractivity contribution in [2.75, 3.05) is 21.3 Å². The van der Waals surface area contributed by atoms with Gasteiger partial charge in [-0.15, -0.1) is 0 Å². The van der Waals surface area contributed by atoms with E-state index in [9.17, 15) is 5.11 Å². The second-order valence-corrected chi connectivity index (χ2v) is 6.83. The Morgan fingerprint density at radius 3 is 2.09 bits per heavy atom. The second-order valence-electron chi connectivity index (χ2n) is 6.83. The van der Waals surface area contributed by atoms with Gasteiger partial charge in [0.05, 0.1) is 26.9 Å². The molecule has 0 unspecified atom stereocenters. The number of benzene rings is 1. The van der Waals surface area contributed by atoms with Gasteiger partial charge < -0.3 is 19.3 Å². The summed E-state index contributed by atoms with van der Waals surface area (Å²) < 4.78 is 16.9. The van der Waals surface area contributed by atoms with Crippen molar-refractivity contribution in [3.8, 4) is 17.2 Å². The van der Waals surface area contributed by atoms with E-state index < -0.39 is 5.60 Å². The molecular formula is C19H30O4. The van der Waals surface area contributed by atoms with E-state index in [-0.39, 0.29) is 5.92 Å². The van der Waals surface area contributed by atoms with Gasteiger partial charge in [0, 0.05) is 17.5 Å². The van der Waals surface area contributed by atoms with Crippen LogP contribution in [-0.4, -0.2) is 32.0 Å². The minimum Gasteiger partial charge on any atom is -0.496 e. The molecule has 0 bridgehead atoms. The van der Waals surface area contributed by atoms with Gasteiger partial charge in [-0.2, -0.15) is 0 Å². The lowest BCUT2D eigenvalue weighted by atomic mass is 9.80. The van der Waals surface area contributed by atoms with Crippen molar-refractivity contribution in [1.29, 1.82) is 0 Å². The summed E-state index contributed by atoms with van der Waals surface area (Å²) in [5.41, 5.74) is 1.31. The molecule has 0 atom stereocenters. The highest BCUT2D eigenvalue weighted by molar-refractivity contribution is 5.60. The summed E-state index contributed by atoms with van der Waals surface area (Å²) in [6.45, 7) is 4.21. The van der Waals surface area contributed by atoms with Gasteiger partial charge in [0.1, 0.15) is 5.75 Å². The molecule has 1 N–H and O–H groups in total. The molecule has 130 valence electrons. The molecule has 2 rings (SSSR count). The van der Waals surface area contributed by atoms with E-state index in [0.29, 0.717) is 6.42 Å². The van der Waals surface area contributed by atoms with Crippen molar-refractivity contribution < 1.29 is 19.3 Å². The molecule has 4 nitrogen and oxygen atoms in total. The summed E-state index contributed by atoms with van der Waals surface area (Å²) in [5, 5.41) is 10.9. The van der Waals surface area contributed by atoms with Crippen molar-refractivity contribution in [3.63, 3.8) is 0 Å². The summed E-state index contributed by atoms with van der Waals surface area (Å²) in [5.74, 6) is 2.49. The van der Waals surface area contributed by atoms with Gasteiger partial charge in [0.2, 0.25) is 0 Å². The van der Waals surface area contributed by atoms with E-state index in [1.807, 2.05) is 6.07 Å². The molecule has 1 aromatic carbocycles. The molecule has 4 heteroatoms. The Balaban J connectivity index is 2.50. The average molecular weight is 322 g/mol. The van der Waals surface area contributed by atoms with Crippen molar-refractivity contribution in [2.45, 2.75) is 63.9 Å². The molecule has 0 heterocycles. The second kappa shape index (κ2) is 7.43. The molecule has 0 saturated heterocycles. The lowest BCUT2D eigenvalue weighted by Crippen LogP contribution is -2.34. The first-order chi connectivity index (χ1) is 11.0. The molecular weight excluding hydrogens is 292 g/mol. The maximum absolute atomic E-state index is 10.9. The molecule has 0 amide bonds. The van der Waals surface area contributed by atoms with Crippen LogP contribution in [0.5, 0.6) is 17.2 Å². The molecule has 0 radical (unpaired) electrons. The Bertz CT molecular complexity index is 531. The van der Waals surface area contributed by atoms with Gasteiger partial charge in [-0.05, 0) is 24.8 Å². The van der Waals surface area contributed by atoms with E-state index in [1.165, 1.54) is 6.42 Å². The predicted molar refractivity (Wildman–Crippen MR) is 91.9 cm³/mol. The van der Waals surface area contributed by atoms with Crippen LogP contribution >= 0.6 is 0 Å². The summed E-state index contributed by atoms with van der Waals surface area (Å²) in [4.78, 5) is 0. The first-order valence-electron chi connectivity index (χ1n) is 8.50. The SMILES string of the molecule is COc1cc(CC2(O)CCCCC2)c(OC)c(OC)c1C(C)C. The molecule has 1 aliphatic rings. The minimum absolute atomic E-state index is 0.251. The zero-order valence-electron chi connectivity index (χ0n) is 15.1. The number of rotatable bonds is 6. The quantitative estimate of drug-likeness (QED) is 0.857. The monoisotopic (exact) mass is 322 g/mol. The minimum atomic E-state index is -0.652. The van der Waals surface area contributed by atoms with Crippen LogP contribution in [0.3, 0.4) is 0 Å².